The van der Waals surface area contributed by atoms with Gasteiger partial charge in [0.1, 0.15) is 11.5 Å². The average molecular weight is 224 g/mol. The van der Waals surface area contributed by atoms with Gasteiger partial charge < -0.3 is 9.53 Å². The first-order valence-electron chi connectivity index (χ1n) is 4.99. The maximum atomic E-state index is 10.7. The normalized spacial score (nSPS) is 10.0. The quantitative estimate of drug-likeness (QED) is 0.548. The summed E-state index contributed by atoms with van der Waals surface area (Å²) >= 11 is 1.74. The van der Waals surface area contributed by atoms with Gasteiger partial charge in [0.05, 0.1) is 7.11 Å². The topological polar surface area (TPSA) is 26.3 Å². The molecule has 0 saturated carbocycles. The van der Waals surface area contributed by atoms with Crippen molar-refractivity contribution in [3.8, 4) is 5.75 Å². The number of hydrogen-bond acceptors (Lipinski definition) is 3. The third kappa shape index (κ3) is 4.38. The molecule has 2 nitrogen and oxygen atoms in total. The van der Waals surface area contributed by atoms with Crippen LogP contribution in [0.15, 0.2) is 29.2 Å². The second-order valence-corrected chi connectivity index (χ2v) is 4.44. The number of rotatable bonds is 6. The number of para-hydroxylation sites is 1. The lowest BCUT2D eigenvalue weighted by atomic mass is 10.3. The first-order chi connectivity index (χ1) is 7.24. The first-order valence-corrected chi connectivity index (χ1v) is 5.98. The Balaban J connectivity index is 2.39. The first kappa shape index (κ1) is 12.1. The fraction of sp³-hybridized carbons (Fsp3) is 0.417. The SMILES string of the molecule is COc1ccccc1SCCCC(C)=O. The predicted molar refractivity (Wildman–Crippen MR) is 63.6 cm³/mol. The van der Waals surface area contributed by atoms with Gasteiger partial charge in [0, 0.05) is 11.3 Å². The monoisotopic (exact) mass is 224 g/mol. The molecule has 0 radical (unpaired) electrons. The van der Waals surface area contributed by atoms with E-state index in [0.717, 1.165) is 22.8 Å². The van der Waals surface area contributed by atoms with Crippen LogP contribution in [-0.2, 0) is 4.79 Å². The summed E-state index contributed by atoms with van der Waals surface area (Å²) in [6.45, 7) is 1.63. The summed E-state index contributed by atoms with van der Waals surface area (Å²) in [5.74, 6) is 2.13. The maximum Gasteiger partial charge on any atom is 0.132 e. The van der Waals surface area contributed by atoms with Crippen molar-refractivity contribution >= 4 is 17.5 Å². The lowest BCUT2D eigenvalue weighted by Gasteiger charge is -2.06. The number of methoxy groups -OCH3 is 1. The van der Waals surface area contributed by atoms with Gasteiger partial charge >= 0.3 is 0 Å². The summed E-state index contributed by atoms with van der Waals surface area (Å²) in [5.41, 5.74) is 0. The van der Waals surface area contributed by atoms with Gasteiger partial charge in [-0.1, -0.05) is 12.1 Å². The Morgan fingerprint density at radius 2 is 2.13 bits per heavy atom. The highest BCUT2D eigenvalue weighted by molar-refractivity contribution is 7.99. The van der Waals surface area contributed by atoms with Crippen molar-refractivity contribution in [3.05, 3.63) is 24.3 Å². The van der Waals surface area contributed by atoms with Crippen molar-refractivity contribution in [3.63, 3.8) is 0 Å². The highest BCUT2D eigenvalue weighted by Crippen LogP contribution is 2.29. The fourth-order valence-corrected chi connectivity index (χ4v) is 2.22. The molecule has 0 atom stereocenters. The Morgan fingerprint density at radius 1 is 1.40 bits per heavy atom. The highest BCUT2D eigenvalue weighted by Gasteiger charge is 2.02. The number of carbonyl (C=O) groups excluding carboxylic acids is 1. The lowest BCUT2D eigenvalue weighted by Crippen LogP contribution is -1.91. The summed E-state index contributed by atoms with van der Waals surface area (Å²) in [4.78, 5) is 11.9. The minimum atomic E-state index is 0.260. The molecule has 1 aromatic carbocycles. The molecule has 0 fully saturated rings. The number of benzene rings is 1. The number of ketones is 1. The van der Waals surface area contributed by atoms with E-state index in [2.05, 4.69) is 0 Å². The molecule has 1 aromatic rings. The highest BCUT2D eigenvalue weighted by atomic mass is 32.2. The van der Waals surface area contributed by atoms with Crippen LogP contribution in [0.4, 0.5) is 0 Å². The minimum absolute atomic E-state index is 0.260. The molecule has 82 valence electrons. The zero-order chi connectivity index (χ0) is 11.1. The predicted octanol–water partition coefficient (Wildman–Crippen LogP) is 3.16. The Kier molecular flexibility index (Phi) is 5.26. The van der Waals surface area contributed by atoms with Gasteiger partial charge in [-0.05, 0) is 31.2 Å². The van der Waals surface area contributed by atoms with Crippen LogP contribution in [0, 0.1) is 0 Å². The zero-order valence-corrected chi connectivity index (χ0v) is 9.97. The van der Waals surface area contributed by atoms with Gasteiger partial charge in [-0.2, -0.15) is 0 Å². The molecule has 0 heterocycles. The Hall–Kier alpha value is -0.960. The molecule has 0 amide bonds. The molecule has 0 aromatic heterocycles. The molecule has 0 aliphatic heterocycles. The van der Waals surface area contributed by atoms with E-state index in [1.54, 1.807) is 25.8 Å². The van der Waals surface area contributed by atoms with Gasteiger partial charge in [0.2, 0.25) is 0 Å². The van der Waals surface area contributed by atoms with E-state index < -0.39 is 0 Å². The second-order valence-electron chi connectivity index (χ2n) is 3.30. The molecule has 1 rings (SSSR count). The summed E-state index contributed by atoms with van der Waals surface area (Å²) in [5, 5.41) is 0. The number of thioether (sulfide) groups is 1. The Bertz CT molecular complexity index is 323. The molecule has 0 aliphatic carbocycles. The largest absolute Gasteiger partial charge is 0.496 e. The molecule has 0 spiro atoms. The van der Waals surface area contributed by atoms with Crippen LogP contribution in [0.25, 0.3) is 0 Å². The van der Waals surface area contributed by atoms with Crippen LogP contribution in [0.5, 0.6) is 5.75 Å². The Labute approximate surface area is 95.0 Å². The molecule has 15 heavy (non-hydrogen) atoms. The van der Waals surface area contributed by atoms with Gasteiger partial charge in [-0.25, -0.2) is 0 Å². The van der Waals surface area contributed by atoms with E-state index in [9.17, 15) is 4.79 Å². The summed E-state index contributed by atoms with van der Waals surface area (Å²) in [6, 6.07) is 7.94. The minimum Gasteiger partial charge on any atom is -0.496 e. The zero-order valence-electron chi connectivity index (χ0n) is 9.16. The van der Waals surface area contributed by atoms with Gasteiger partial charge in [-0.15, -0.1) is 11.8 Å². The van der Waals surface area contributed by atoms with E-state index in [-0.39, 0.29) is 5.78 Å². The third-order valence-corrected chi connectivity index (χ3v) is 3.14. The standard InChI is InChI=1S/C12H16O2S/c1-10(13)6-5-9-15-12-8-4-3-7-11(12)14-2/h3-4,7-8H,5-6,9H2,1-2H3. The lowest BCUT2D eigenvalue weighted by molar-refractivity contribution is -0.117. The molecule has 0 saturated heterocycles. The van der Waals surface area contributed by atoms with Crippen molar-refractivity contribution in [2.75, 3.05) is 12.9 Å². The van der Waals surface area contributed by atoms with Crippen LogP contribution in [0.3, 0.4) is 0 Å². The van der Waals surface area contributed by atoms with Crippen molar-refractivity contribution in [1.82, 2.24) is 0 Å². The summed E-state index contributed by atoms with van der Waals surface area (Å²) in [7, 11) is 1.68. The van der Waals surface area contributed by atoms with E-state index in [0.29, 0.717) is 6.42 Å². The van der Waals surface area contributed by atoms with E-state index >= 15 is 0 Å². The smallest absolute Gasteiger partial charge is 0.132 e. The van der Waals surface area contributed by atoms with Crippen LogP contribution in [-0.4, -0.2) is 18.6 Å². The van der Waals surface area contributed by atoms with Crippen LogP contribution >= 0.6 is 11.8 Å². The second kappa shape index (κ2) is 6.51. The van der Waals surface area contributed by atoms with Crippen molar-refractivity contribution in [2.24, 2.45) is 0 Å². The van der Waals surface area contributed by atoms with Crippen LogP contribution in [0.1, 0.15) is 19.8 Å². The van der Waals surface area contributed by atoms with Gasteiger partial charge in [0.15, 0.2) is 0 Å². The van der Waals surface area contributed by atoms with Crippen LogP contribution < -0.4 is 4.74 Å². The van der Waals surface area contributed by atoms with Crippen molar-refractivity contribution in [1.29, 1.82) is 0 Å². The average Bonchev–Trinajstić information content (AvgIpc) is 2.24. The number of hydrogen-bond donors (Lipinski definition) is 0. The molecule has 0 unspecified atom stereocenters. The molecular formula is C12H16O2S. The maximum absolute atomic E-state index is 10.7. The van der Waals surface area contributed by atoms with Crippen molar-refractivity contribution in [2.45, 2.75) is 24.7 Å². The van der Waals surface area contributed by atoms with Crippen LogP contribution in [0.2, 0.25) is 0 Å². The van der Waals surface area contributed by atoms with E-state index in [4.69, 9.17) is 4.74 Å². The van der Waals surface area contributed by atoms with Gasteiger partial charge in [0.25, 0.3) is 0 Å². The molecule has 3 heteroatoms. The van der Waals surface area contributed by atoms with Gasteiger partial charge in [-0.3, -0.25) is 0 Å². The third-order valence-electron chi connectivity index (χ3n) is 2.00. The van der Waals surface area contributed by atoms with E-state index in [1.165, 1.54) is 0 Å². The van der Waals surface area contributed by atoms with Crippen molar-refractivity contribution < 1.29 is 9.53 Å². The number of carbonyl (C=O) groups is 1. The number of Topliss-reactive ketones (excluding diaryl/α,β-unsaturated/α-hetero) is 1. The summed E-state index contributed by atoms with van der Waals surface area (Å²) in [6.07, 6.45) is 1.60. The fourth-order valence-electron chi connectivity index (χ4n) is 1.24. The molecule has 0 bridgehead atoms. The molecule has 0 aliphatic rings. The molecular weight excluding hydrogens is 208 g/mol. The summed E-state index contributed by atoms with van der Waals surface area (Å²) < 4.78 is 5.24. The number of ether oxygens (including phenoxy) is 1. The van der Waals surface area contributed by atoms with E-state index in [1.807, 2.05) is 24.3 Å². The molecule has 0 N–H and O–H groups in total. The Morgan fingerprint density at radius 3 is 2.80 bits per heavy atom.